The minimum atomic E-state index is -0.482. The van der Waals surface area contributed by atoms with Crippen LogP contribution in [0, 0.1) is 5.82 Å². The first-order valence-electron chi connectivity index (χ1n) is 6.53. The third-order valence-corrected chi connectivity index (χ3v) is 3.29. The summed E-state index contributed by atoms with van der Waals surface area (Å²) in [5.74, 6) is -0.478. The van der Waals surface area contributed by atoms with Gasteiger partial charge >= 0.3 is 0 Å². The summed E-state index contributed by atoms with van der Waals surface area (Å²) < 4.78 is 19.0. The van der Waals surface area contributed by atoms with Crippen LogP contribution in [0.25, 0.3) is 0 Å². The van der Waals surface area contributed by atoms with Crippen LogP contribution in [0.15, 0.2) is 18.2 Å². The summed E-state index contributed by atoms with van der Waals surface area (Å²) in [5.41, 5.74) is 6.37. The predicted molar refractivity (Wildman–Crippen MR) is 70.3 cm³/mol. The number of nitrogens with two attached hydrogens (primary N) is 1. The van der Waals surface area contributed by atoms with E-state index in [9.17, 15) is 9.18 Å². The van der Waals surface area contributed by atoms with Crippen molar-refractivity contribution in [2.45, 2.75) is 25.8 Å². The van der Waals surface area contributed by atoms with Gasteiger partial charge in [0, 0.05) is 19.1 Å². The van der Waals surface area contributed by atoms with Gasteiger partial charge in [0.1, 0.15) is 0 Å². The summed E-state index contributed by atoms with van der Waals surface area (Å²) in [6, 6.07) is 4.35. The molecule has 1 aliphatic heterocycles. The van der Waals surface area contributed by atoms with Crippen molar-refractivity contribution in [3.8, 4) is 5.75 Å². The van der Waals surface area contributed by atoms with Crippen LogP contribution >= 0.6 is 0 Å². The maximum Gasteiger partial charge on any atom is 0.260 e. The Labute approximate surface area is 112 Å². The minimum Gasteiger partial charge on any atom is -0.481 e. The van der Waals surface area contributed by atoms with Crippen LogP contribution in [0.4, 0.5) is 4.39 Å². The van der Waals surface area contributed by atoms with Gasteiger partial charge in [0.25, 0.3) is 5.91 Å². The molecule has 1 aromatic carbocycles. The first-order valence-corrected chi connectivity index (χ1v) is 6.53. The van der Waals surface area contributed by atoms with Crippen molar-refractivity contribution >= 4 is 5.91 Å². The van der Waals surface area contributed by atoms with Crippen LogP contribution < -0.4 is 10.5 Å². The van der Waals surface area contributed by atoms with Gasteiger partial charge in [-0.1, -0.05) is 6.07 Å². The van der Waals surface area contributed by atoms with Crippen molar-refractivity contribution in [2.75, 3.05) is 19.7 Å². The van der Waals surface area contributed by atoms with E-state index in [2.05, 4.69) is 0 Å². The van der Waals surface area contributed by atoms with Crippen LogP contribution in [0.3, 0.4) is 0 Å². The fraction of sp³-hybridized carbons (Fsp3) is 0.500. The number of ether oxygens (including phenoxy) is 1. The van der Waals surface area contributed by atoms with Gasteiger partial charge in [-0.25, -0.2) is 4.39 Å². The largest absolute Gasteiger partial charge is 0.481 e. The molecule has 1 amide bonds. The smallest absolute Gasteiger partial charge is 0.260 e. The Morgan fingerprint density at radius 3 is 2.74 bits per heavy atom. The molecule has 0 bridgehead atoms. The lowest BCUT2D eigenvalue weighted by Gasteiger charge is -2.16. The first kappa shape index (κ1) is 13.8. The molecular weight excluding hydrogens is 247 g/mol. The third kappa shape index (κ3) is 3.44. The maximum absolute atomic E-state index is 13.7. The van der Waals surface area contributed by atoms with Crippen molar-refractivity contribution in [3.05, 3.63) is 29.6 Å². The number of amides is 1. The molecule has 1 saturated heterocycles. The van der Waals surface area contributed by atoms with Gasteiger partial charge in [0.05, 0.1) is 0 Å². The molecule has 0 unspecified atom stereocenters. The van der Waals surface area contributed by atoms with E-state index in [0.717, 1.165) is 25.9 Å². The molecule has 2 N–H and O–H groups in total. The van der Waals surface area contributed by atoms with E-state index in [-0.39, 0.29) is 24.3 Å². The lowest BCUT2D eigenvalue weighted by Crippen LogP contribution is -2.32. The maximum atomic E-state index is 13.7. The molecule has 5 heteroatoms. The molecule has 19 heavy (non-hydrogen) atoms. The van der Waals surface area contributed by atoms with Crippen molar-refractivity contribution in [2.24, 2.45) is 5.73 Å². The highest BCUT2D eigenvalue weighted by molar-refractivity contribution is 5.78. The zero-order valence-corrected chi connectivity index (χ0v) is 11.1. The Kier molecular flexibility index (Phi) is 4.37. The number of rotatable bonds is 4. The normalized spacial score (nSPS) is 16.5. The number of likely N-dealkylation sites (tertiary alicyclic amines) is 1. The number of carbonyl (C=O) groups is 1. The van der Waals surface area contributed by atoms with Gasteiger partial charge in [-0.3, -0.25) is 4.79 Å². The second kappa shape index (κ2) is 6.02. The van der Waals surface area contributed by atoms with Crippen molar-refractivity contribution in [1.29, 1.82) is 0 Å². The molecule has 2 rings (SSSR count). The summed E-state index contributed by atoms with van der Waals surface area (Å²) in [5, 5.41) is 0. The Balaban J connectivity index is 1.94. The fourth-order valence-electron chi connectivity index (χ4n) is 2.11. The molecule has 1 heterocycles. The summed E-state index contributed by atoms with van der Waals surface area (Å²) in [7, 11) is 0. The quantitative estimate of drug-likeness (QED) is 0.904. The molecule has 1 aromatic rings. The van der Waals surface area contributed by atoms with E-state index in [4.69, 9.17) is 10.5 Å². The molecule has 4 nitrogen and oxygen atoms in total. The van der Waals surface area contributed by atoms with Crippen molar-refractivity contribution in [3.63, 3.8) is 0 Å². The molecule has 0 saturated carbocycles. The molecule has 104 valence electrons. The van der Waals surface area contributed by atoms with E-state index in [0.29, 0.717) is 5.56 Å². The summed E-state index contributed by atoms with van der Waals surface area (Å²) >= 11 is 0. The zero-order chi connectivity index (χ0) is 13.8. The van der Waals surface area contributed by atoms with E-state index in [1.807, 2.05) is 0 Å². The average molecular weight is 266 g/mol. The highest BCUT2D eigenvalue weighted by atomic mass is 19.1. The van der Waals surface area contributed by atoms with Crippen LogP contribution in [-0.2, 0) is 4.79 Å². The predicted octanol–water partition coefficient (Wildman–Crippen LogP) is 1.85. The molecule has 0 radical (unpaired) electrons. The topological polar surface area (TPSA) is 55.6 Å². The molecule has 0 aromatic heterocycles. The van der Waals surface area contributed by atoms with Crippen molar-refractivity contribution < 1.29 is 13.9 Å². The third-order valence-electron chi connectivity index (χ3n) is 3.29. The average Bonchev–Trinajstić information content (AvgIpc) is 2.90. The number of hydrogen-bond donors (Lipinski definition) is 1. The molecule has 1 fully saturated rings. The zero-order valence-electron chi connectivity index (χ0n) is 11.1. The SMILES string of the molecule is C[C@H](N)c1ccc(OCC(=O)N2CCCC2)c(F)c1. The number of carbonyl (C=O) groups excluding carboxylic acids is 1. The number of benzene rings is 1. The van der Waals surface area contributed by atoms with E-state index in [1.54, 1.807) is 17.9 Å². The van der Waals surface area contributed by atoms with Crippen molar-refractivity contribution in [1.82, 2.24) is 4.90 Å². The molecule has 1 aliphatic rings. The lowest BCUT2D eigenvalue weighted by molar-refractivity contribution is -0.132. The van der Waals surface area contributed by atoms with E-state index < -0.39 is 5.82 Å². The van der Waals surface area contributed by atoms with E-state index in [1.165, 1.54) is 12.1 Å². The number of hydrogen-bond acceptors (Lipinski definition) is 3. The standard InChI is InChI=1S/C14H19FN2O2/c1-10(16)11-4-5-13(12(15)8-11)19-9-14(18)17-6-2-3-7-17/h4-5,8,10H,2-3,6-7,9,16H2,1H3/t10-/m0/s1. The van der Waals surface area contributed by atoms with Gasteiger partial charge in [-0.05, 0) is 37.5 Å². The second-order valence-corrected chi connectivity index (χ2v) is 4.86. The summed E-state index contributed by atoms with van der Waals surface area (Å²) in [6.45, 7) is 3.21. The van der Waals surface area contributed by atoms with Gasteiger partial charge in [-0.15, -0.1) is 0 Å². The summed E-state index contributed by atoms with van der Waals surface area (Å²) in [4.78, 5) is 13.5. The van der Waals surface area contributed by atoms with Gasteiger partial charge in [0.2, 0.25) is 0 Å². The van der Waals surface area contributed by atoms with Gasteiger partial charge in [0.15, 0.2) is 18.2 Å². The number of nitrogens with zero attached hydrogens (tertiary/aromatic N) is 1. The minimum absolute atomic E-state index is 0.0897. The highest BCUT2D eigenvalue weighted by Crippen LogP contribution is 2.21. The fourth-order valence-corrected chi connectivity index (χ4v) is 2.11. The lowest BCUT2D eigenvalue weighted by atomic mass is 10.1. The Morgan fingerprint density at radius 2 is 2.16 bits per heavy atom. The van der Waals surface area contributed by atoms with Gasteiger partial charge in [-0.2, -0.15) is 0 Å². The Bertz CT molecular complexity index is 457. The molecule has 0 spiro atoms. The number of halogens is 1. The Hall–Kier alpha value is -1.62. The van der Waals surface area contributed by atoms with E-state index >= 15 is 0 Å². The first-order chi connectivity index (χ1) is 9.08. The van der Waals surface area contributed by atoms with Gasteiger partial charge < -0.3 is 15.4 Å². The van der Waals surface area contributed by atoms with Crippen LogP contribution in [-0.4, -0.2) is 30.5 Å². The van der Waals surface area contributed by atoms with Crippen LogP contribution in [0.1, 0.15) is 31.4 Å². The van der Waals surface area contributed by atoms with Crippen LogP contribution in [0.5, 0.6) is 5.75 Å². The second-order valence-electron chi connectivity index (χ2n) is 4.86. The summed E-state index contributed by atoms with van der Waals surface area (Å²) in [6.07, 6.45) is 2.06. The molecule has 1 atom stereocenters. The Morgan fingerprint density at radius 1 is 1.47 bits per heavy atom. The monoisotopic (exact) mass is 266 g/mol. The van der Waals surface area contributed by atoms with Crippen LogP contribution in [0.2, 0.25) is 0 Å². The highest BCUT2D eigenvalue weighted by Gasteiger charge is 2.18. The molecular formula is C14H19FN2O2. The molecule has 0 aliphatic carbocycles.